The second-order valence-corrected chi connectivity index (χ2v) is 11.5. The lowest BCUT2D eigenvalue weighted by Crippen LogP contribution is -1.98. The van der Waals surface area contributed by atoms with Crippen LogP contribution in [0.4, 0.5) is 0 Å². The summed E-state index contributed by atoms with van der Waals surface area (Å²) in [6.45, 7) is 11.8. The van der Waals surface area contributed by atoms with Crippen LogP contribution in [-0.2, 0) is 20.8 Å². The molecule has 0 unspecified atom stereocenters. The molecular weight excluding hydrogens is 572 g/mol. The van der Waals surface area contributed by atoms with Crippen molar-refractivity contribution in [1.29, 1.82) is 0 Å². The van der Waals surface area contributed by atoms with Crippen molar-refractivity contribution in [2.45, 2.75) is 66.2 Å². The standard InChI is InChI=1S/C35H36N4O6/c1-6-21-17(2)25-13-26-18(3)23(8-11-34(42)43)31(37-26)16-32-24(9-12-35(44)45)20(5)28(39-32)15-30-22(7-10-33(40)41)19(4)27(38-30)14-29(21)36-25/h6,13-16,36,38H,1,7-12H2,2-5H3,(H,40,41)(H,42,43)(H,44,45). The topological polar surface area (TPSA) is 169 Å². The molecule has 5 heterocycles. The molecule has 10 nitrogen and oxygen atoms in total. The molecule has 0 saturated carbocycles. The van der Waals surface area contributed by atoms with E-state index in [1.165, 1.54) is 0 Å². The Kier molecular flexibility index (Phi) is 8.59. The van der Waals surface area contributed by atoms with E-state index in [4.69, 9.17) is 9.97 Å². The molecule has 3 aromatic heterocycles. The predicted octanol–water partition coefficient (Wildman–Crippen LogP) is 7.18. The Hall–Kier alpha value is -5.25. The quantitative estimate of drug-likeness (QED) is 0.161. The molecule has 0 aliphatic carbocycles. The SMILES string of the molecule is C=Cc1c(C)c2cc3nc(cc4nc(cc5[nH]c(cc1[nH]2)c(C)c5CCC(=O)O)C(C)=C4CCC(=O)O)C(CCC(=O)O)=C3C. The van der Waals surface area contributed by atoms with E-state index in [1.54, 1.807) is 6.08 Å². The van der Waals surface area contributed by atoms with Crippen LogP contribution in [0.5, 0.6) is 0 Å². The van der Waals surface area contributed by atoms with E-state index in [-0.39, 0.29) is 32.1 Å². The normalized spacial score (nSPS) is 13.0. The Morgan fingerprint density at radius 2 is 1.11 bits per heavy atom. The first-order chi connectivity index (χ1) is 21.4. The van der Waals surface area contributed by atoms with Crippen molar-refractivity contribution in [3.05, 3.63) is 75.9 Å². The Labute approximate surface area is 259 Å². The van der Waals surface area contributed by atoms with Crippen LogP contribution in [0.3, 0.4) is 0 Å². The number of allylic oxidation sites excluding steroid dienone is 4. The molecule has 8 bridgehead atoms. The van der Waals surface area contributed by atoms with Crippen molar-refractivity contribution in [2.24, 2.45) is 0 Å². The maximum Gasteiger partial charge on any atom is 0.303 e. The summed E-state index contributed by atoms with van der Waals surface area (Å²) in [5.41, 5.74) is 12.6. The highest BCUT2D eigenvalue weighted by atomic mass is 16.4. The summed E-state index contributed by atoms with van der Waals surface area (Å²) in [6, 6.07) is 7.64. The summed E-state index contributed by atoms with van der Waals surface area (Å²) in [4.78, 5) is 51.5. The number of aliphatic carboxylic acids is 3. The summed E-state index contributed by atoms with van der Waals surface area (Å²) in [5, 5.41) is 28.4. The van der Waals surface area contributed by atoms with Gasteiger partial charge in [0.05, 0.1) is 22.8 Å². The Morgan fingerprint density at radius 3 is 1.62 bits per heavy atom. The monoisotopic (exact) mass is 608 g/mol. The summed E-state index contributed by atoms with van der Waals surface area (Å²) < 4.78 is 0. The van der Waals surface area contributed by atoms with Crippen molar-refractivity contribution >= 4 is 68.3 Å². The molecule has 232 valence electrons. The molecular formula is C35H36N4O6. The molecule has 5 N–H and O–H groups in total. The lowest BCUT2D eigenvalue weighted by molar-refractivity contribution is -0.137. The predicted molar refractivity (Wildman–Crippen MR) is 175 cm³/mol. The number of nitrogens with zero attached hydrogens (tertiary/aromatic N) is 2. The Morgan fingerprint density at radius 1 is 0.644 bits per heavy atom. The minimum atomic E-state index is -0.928. The summed E-state index contributed by atoms with van der Waals surface area (Å²) in [6.07, 6.45) is 2.42. The van der Waals surface area contributed by atoms with E-state index in [2.05, 4.69) is 16.5 Å². The van der Waals surface area contributed by atoms with Crippen LogP contribution in [0.15, 0.2) is 30.8 Å². The molecule has 2 aliphatic heterocycles. The number of nitrogens with one attached hydrogen (secondary N) is 2. The fourth-order valence-corrected chi connectivity index (χ4v) is 6.09. The van der Waals surface area contributed by atoms with Crippen LogP contribution >= 0.6 is 0 Å². The third-order valence-electron chi connectivity index (χ3n) is 8.69. The molecule has 3 aromatic rings. The van der Waals surface area contributed by atoms with Crippen LogP contribution in [0, 0.1) is 13.8 Å². The van der Waals surface area contributed by atoms with E-state index in [9.17, 15) is 29.7 Å². The van der Waals surface area contributed by atoms with Crippen molar-refractivity contribution in [3.8, 4) is 0 Å². The van der Waals surface area contributed by atoms with Crippen LogP contribution in [-0.4, -0.2) is 53.2 Å². The average Bonchev–Trinajstić information content (AvgIpc) is 3.63. The van der Waals surface area contributed by atoms with Crippen molar-refractivity contribution in [3.63, 3.8) is 0 Å². The number of H-pyrrole nitrogens is 2. The molecule has 0 fully saturated rings. The van der Waals surface area contributed by atoms with Gasteiger partial charge in [-0.25, -0.2) is 9.97 Å². The van der Waals surface area contributed by atoms with Crippen LogP contribution in [0.2, 0.25) is 0 Å². The van der Waals surface area contributed by atoms with E-state index in [1.807, 2.05) is 52.0 Å². The highest BCUT2D eigenvalue weighted by molar-refractivity contribution is 5.96. The highest BCUT2D eigenvalue weighted by Gasteiger charge is 2.23. The van der Waals surface area contributed by atoms with Crippen molar-refractivity contribution < 1.29 is 29.7 Å². The summed E-state index contributed by atoms with van der Waals surface area (Å²) >= 11 is 0. The molecule has 0 spiro atoms. The first-order valence-corrected chi connectivity index (χ1v) is 14.8. The lowest BCUT2D eigenvalue weighted by atomic mass is 9.98. The number of fused-ring (bicyclic) bond motifs is 8. The van der Waals surface area contributed by atoms with Gasteiger partial charge in [-0.05, 0) is 110 Å². The number of aromatic nitrogens is 4. The number of aryl methyl sites for hydroxylation is 3. The Bertz CT molecular complexity index is 2010. The summed E-state index contributed by atoms with van der Waals surface area (Å²) in [5.74, 6) is -2.74. The lowest BCUT2D eigenvalue weighted by Gasteiger charge is -2.05. The van der Waals surface area contributed by atoms with Gasteiger partial charge in [-0.3, -0.25) is 14.4 Å². The smallest absolute Gasteiger partial charge is 0.303 e. The first kappa shape index (κ1) is 31.2. The number of carboxylic acid groups (broad SMARTS) is 3. The van der Waals surface area contributed by atoms with E-state index in [0.717, 1.165) is 66.6 Å². The fourth-order valence-electron chi connectivity index (χ4n) is 6.09. The maximum atomic E-state index is 11.6. The highest BCUT2D eigenvalue weighted by Crippen LogP contribution is 2.38. The molecule has 0 saturated heterocycles. The zero-order valence-electron chi connectivity index (χ0n) is 25.8. The fraction of sp³-hybridized carbons (Fsp3) is 0.286. The molecule has 5 rings (SSSR count). The van der Waals surface area contributed by atoms with Gasteiger partial charge >= 0.3 is 17.9 Å². The Balaban J connectivity index is 1.92. The molecule has 0 aromatic carbocycles. The van der Waals surface area contributed by atoms with Crippen LogP contribution in [0.25, 0.3) is 50.4 Å². The second-order valence-electron chi connectivity index (χ2n) is 11.5. The number of carboxylic acids is 3. The largest absolute Gasteiger partial charge is 0.481 e. The van der Waals surface area contributed by atoms with E-state index in [0.29, 0.717) is 29.2 Å². The van der Waals surface area contributed by atoms with Crippen LogP contribution in [0.1, 0.15) is 91.0 Å². The van der Waals surface area contributed by atoms with Gasteiger partial charge in [-0.2, -0.15) is 0 Å². The zero-order chi connectivity index (χ0) is 32.6. The van der Waals surface area contributed by atoms with Gasteiger partial charge in [0.25, 0.3) is 0 Å². The molecule has 10 heteroatoms. The van der Waals surface area contributed by atoms with Gasteiger partial charge in [0.15, 0.2) is 0 Å². The van der Waals surface area contributed by atoms with E-state index >= 15 is 0 Å². The number of aromatic amines is 2. The number of rotatable bonds is 10. The van der Waals surface area contributed by atoms with Gasteiger partial charge in [-0.15, -0.1) is 0 Å². The van der Waals surface area contributed by atoms with Gasteiger partial charge in [-0.1, -0.05) is 12.7 Å². The van der Waals surface area contributed by atoms with Crippen molar-refractivity contribution in [1.82, 2.24) is 19.9 Å². The zero-order valence-corrected chi connectivity index (χ0v) is 25.8. The molecule has 45 heavy (non-hydrogen) atoms. The third kappa shape index (κ3) is 6.22. The van der Waals surface area contributed by atoms with Crippen molar-refractivity contribution in [2.75, 3.05) is 0 Å². The molecule has 0 atom stereocenters. The van der Waals surface area contributed by atoms with Gasteiger partial charge < -0.3 is 25.3 Å². The van der Waals surface area contributed by atoms with Gasteiger partial charge in [0, 0.05) is 46.9 Å². The first-order valence-electron chi connectivity index (χ1n) is 14.8. The molecule has 0 radical (unpaired) electrons. The van der Waals surface area contributed by atoms with E-state index < -0.39 is 17.9 Å². The maximum absolute atomic E-state index is 11.6. The second kappa shape index (κ2) is 12.4. The van der Waals surface area contributed by atoms with Crippen LogP contribution < -0.4 is 0 Å². The number of hydrogen-bond donors (Lipinski definition) is 5. The summed E-state index contributed by atoms with van der Waals surface area (Å²) in [7, 11) is 0. The van der Waals surface area contributed by atoms with Gasteiger partial charge in [0.2, 0.25) is 0 Å². The average molecular weight is 609 g/mol. The third-order valence-corrected chi connectivity index (χ3v) is 8.69. The minimum Gasteiger partial charge on any atom is -0.481 e. The molecule has 0 amide bonds. The number of carbonyl (C=O) groups is 3. The minimum absolute atomic E-state index is 0.0445. The van der Waals surface area contributed by atoms with Gasteiger partial charge in [0.1, 0.15) is 0 Å². The molecule has 2 aliphatic rings. The number of hydrogen-bond acceptors (Lipinski definition) is 5.